The molecule has 1 aliphatic carbocycles. The lowest BCUT2D eigenvalue weighted by Crippen LogP contribution is -2.33. The van der Waals surface area contributed by atoms with E-state index >= 15 is 0 Å². The van der Waals surface area contributed by atoms with Gasteiger partial charge in [-0.1, -0.05) is 119 Å². The molecule has 0 aliphatic heterocycles. The van der Waals surface area contributed by atoms with Gasteiger partial charge >= 0.3 is 0 Å². The van der Waals surface area contributed by atoms with Crippen molar-refractivity contribution in [3.05, 3.63) is 119 Å². The van der Waals surface area contributed by atoms with Crippen molar-refractivity contribution in [1.29, 1.82) is 0 Å². The normalized spacial score (nSPS) is 18.4. The van der Waals surface area contributed by atoms with Crippen LogP contribution in [0.5, 0.6) is 0 Å². The fourth-order valence-electron chi connectivity index (χ4n) is 5.21. The summed E-state index contributed by atoms with van der Waals surface area (Å²) in [5, 5.41) is 14.8. The molecule has 0 radical (unpaired) electrons. The van der Waals surface area contributed by atoms with Crippen molar-refractivity contribution in [2.24, 2.45) is 4.99 Å². The molecular weight excluding hydrogens is 414 g/mol. The number of para-hydroxylation sites is 1. The second-order valence-corrected chi connectivity index (χ2v) is 9.82. The molecule has 0 spiro atoms. The van der Waals surface area contributed by atoms with Gasteiger partial charge in [0.1, 0.15) is 0 Å². The Bertz CT molecular complexity index is 1400. The smallest absolute Gasteiger partial charge is 0.158 e. The highest BCUT2D eigenvalue weighted by Crippen LogP contribution is 2.49. The van der Waals surface area contributed by atoms with Crippen LogP contribution in [0, 0.1) is 0 Å². The second-order valence-electron chi connectivity index (χ2n) is 9.82. The molecule has 0 aromatic heterocycles. The average molecular weight is 446 g/mol. The van der Waals surface area contributed by atoms with Gasteiger partial charge in [0, 0.05) is 11.1 Å². The molecule has 2 heteroatoms. The van der Waals surface area contributed by atoms with Gasteiger partial charge in [-0.3, -0.25) is 0 Å². The Morgan fingerprint density at radius 1 is 0.765 bits per heavy atom. The van der Waals surface area contributed by atoms with Crippen molar-refractivity contribution < 1.29 is 5.11 Å². The van der Waals surface area contributed by atoms with E-state index in [2.05, 4.69) is 70.7 Å². The Kier molecular flexibility index (Phi) is 5.50. The minimum Gasteiger partial charge on any atom is -0.374 e. The minimum absolute atomic E-state index is 0.308. The van der Waals surface area contributed by atoms with Crippen LogP contribution >= 0.6 is 0 Å². The number of rotatable bonds is 5. The maximum Gasteiger partial charge on any atom is 0.158 e. The zero-order chi connectivity index (χ0) is 24.0. The minimum atomic E-state index is -1.43. The third-order valence-electron chi connectivity index (χ3n) is 7.02. The number of aliphatic imine (C=N–C) groups is 1. The largest absolute Gasteiger partial charge is 0.374 e. The first kappa shape index (κ1) is 22.3. The van der Waals surface area contributed by atoms with Gasteiger partial charge in [-0.2, -0.15) is 0 Å². The second kappa shape index (κ2) is 8.38. The molecule has 170 valence electrons. The van der Waals surface area contributed by atoms with Crippen LogP contribution in [0.15, 0.2) is 96.5 Å². The van der Waals surface area contributed by atoms with Gasteiger partial charge in [-0.15, -0.1) is 0 Å². The summed E-state index contributed by atoms with van der Waals surface area (Å²) >= 11 is 0. The molecule has 1 N–H and O–H groups in total. The summed E-state index contributed by atoms with van der Waals surface area (Å²) in [7, 11) is 0. The fourth-order valence-corrected chi connectivity index (χ4v) is 5.21. The number of aliphatic hydroxyl groups is 1. The third-order valence-corrected chi connectivity index (χ3v) is 7.02. The van der Waals surface area contributed by atoms with Gasteiger partial charge in [0.2, 0.25) is 0 Å². The van der Waals surface area contributed by atoms with Crippen LogP contribution < -0.4 is 0 Å². The molecular formula is C32H31NO. The highest BCUT2D eigenvalue weighted by atomic mass is 16.3. The van der Waals surface area contributed by atoms with E-state index in [0.717, 1.165) is 33.2 Å². The maximum atomic E-state index is 12.6. The summed E-state index contributed by atoms with van der Waals surface area (Å²) in [6.07, 6.45) is 0. The first-order chi connectivity index (χ1) is 16.3. The first-order valence-electron chi connectivity index (χ1n) is 12.1. The molecule has 1 atom stereocenters. The lowest BCUT2D eigenvalue weighted by Gasteiger charge is -2.29. The molecule has 5 rings (SSSR count). The fraction of sp³-hybridized carbons (Fsp3) is 0.219. The summed E-state index contributed by atoms with van der Waals surface area (Å²) in [4.78, 5) is 5.35. The zero-order valence-corrected chi connectivity index (χ0v) is 20.3. The Balaban J connectivity index is 1.86. The van der Waals surface area contributed by atoms with Gasteiger partial charge < -0.3 is 5.11 Å². The van der Waals surface area contributed by atoms with Crippen molar-refractivity contribution in [2.45, 2.75) is 45.1 Å². The average Bonchev–Trinajstić information content (AvgIpc) is 3.09. The van der Waals surface area contributed by atoms with Crippen molar-refractivity contribution in [1.82, 2.24) is 0 Å². The molecule has 0 bridgehead atoms. The Hall–Kier alpha value is -3.49. The van der Waals surface area contributed by atoms with Crippen LogP contribution in [0.4, 0.5) is 5.69 Å². The van der Waals surface area contributed by atoms with E-state index < -0.39 is 5.60 Å². The third kappa shape index (κ3) is 3.33. The monoisotopic (exact) mass is 445 g/mol. The van der Waals surface area contributed by atoms with E-state index in [1.165, 1.54) is 11.1 Å². The Morgan fingerprint density at radius 2 is 1.35 bits per heavy atom. The molecule has 0 saturated carbocycles. The predicted molar refractivity (Wildman–Crippen MR) is 144 cm³/mol. The number of hydrogen-bond donors (Lipinski definition) is 1. The van der Waals surface area contributed by atoms with Crippen LogP contribution in [0.1, 0.15) is 67.3 Å². The topological polar surface area (TPSA) is 32.6 Å². The van der Waals surface area contributed by atoms with Crippen LogP contribution in [0.2, 0.25) is 0 Å². The molecule has 34 heavy (non-hydrogen) atoms. The molecule has 2 nitrogen and oxygen atoms in total. The lowest BCUT2D eigenvalue weighted by atomic mass is 9.82. The van der Waals surface area contributed by atoms with Gasteiger partial charge in [0.15, 0.2) is 5.60 Å². The number of benzene rings is 4. The Labute approximate surface area is 202 Å². The van der Waals surface area contributed by atoms with E-state index in [-0.39, 0.29) is 0 Å². The van der Waals surface area contributed by atoms with Crippen molar-refractivity contribution >= 4 is 27.7 Å². The highest BCUT2D eigenvalue weighted by molar-refractivity contribution is 6.27. The molecule has 0 heterocycles. The summed E-state index contributed by atoms with van der Waals surface area (Å²) < 4.78 is 0. The molecule has 4 aromatic carbocycles. The van der Waals surface area contributed by atoms with Gasteiger partial charge in [0.25, 0.3) is 0 Å². The molecule has 0 saturated heterocycles. The summed E-state index contributed by atoms with van der Waals surface area (Å²) in [5.41, 5.74) is 5.94. The number of nitrogens with zero attached hydrogens (tertiary/aromatic N) is 1. The van der Waals surface area contributed by atoms with E-state index in [4.69, 9.17) is 4.99 Å². The maximum absolute atomic E-state index is 12.6. The van der Waals surface area contributed by atoms with E-state index in [0.29, 0.717) is 23.1 Å². The van der Waals surface area contributed by atoms with E-state index in [1.54, 1.807) is 0 Å². The molecule has 0 amide bonds. The standard InChI is InChI=1S/C32H31NO/c1-20(2)25-16-11-17-26(21(3)4)30(25)33-31-27-18-9-14-24-15-10-19-28(29(24)27)32(31,34)22(5)23-12-7-6-8-13-23/h6-21,34H,5H2,1-4H3/t32-/m0/s1. The summed E-state index contributed by atoms with van der Waals surface area (Å²) in [6, 6.07) is 28.7. The van der Waals surface area contributed by atoms with E-state index in [1.807, 2.05) is 48.5 Å². The first-order valence-corrected chi connectivity index (χ1v) is 12.1. The lowest BCUT2D eigenvalue weighted by molar-refractivity contribution is 0.180. The van der Waals surface area contributed by atoms with Gasteiger partial charge in [-0.05, 0) is 44.9 Å². The van der Waals surface area contributed by atoms with Crippen molar-refractivity contribution in [2.75, 3.05) is 0 Å². The predicted octanol–water partition coefficient (Wildman–Crippen LogP) is 8.12. The quantitative estimate of drug-likeness (QED) is 0.330. The highest BCUT2D eigenvalue weighted by Gasteiger charge is 2.46. The van der Waals surface area contributed by atoms with Crippen LogP contribution in [-0.4, -0.2) is 10.8 Å². The van der Waals surface area contributed by atoms with Crippen LogP contribution in [-0.2, 0) is 5.60 Å². The molecule has 4 aromatic rings. The van der Waals surface area contributed by atoms with Gasteiger partial charge in [0.05, 0.1) is 11.4 Å². The van der Waals surface area contributed by atoms with Crippen molar-refractivity contribution in [3.63, 3.8) is 0 Å². The number of hydrogen-bond acceptors (Lipinski definition) is 2. The Morgan fingerprint density at radius 3 is 1.97 bits per heavy atom. The molecule has 0 fully saturated rings. The summed E-state index contributed by atoms with van der Waals surface area (Å²) in [5.74, 6) is 0.617. The SMILES string of the molecule is C=C(c1ccccc1)[C@@]1(O)C(=Nc2c(C(C)C)cccc2C(C)C)c2cccc3cccc1c23. The van der Waals surface area contributed by atoms with Crippen molar-refractivity contribution in [3.8, 4) is 0 Å². The molecule has 1 aliphatic rings. The van der Waals surface area contributed by atoms with Crippen LogP contribution in [0.3, 0.4) is 0 Å². The zero-order valence-electron chi connectivity index (χ0n) is 20.3. The van der Waals surface area contributed by atoms with E-state index in [9.17, 15) is 5.11 Å². The molecule has 0 unspecified atom stereocenters. The summed E-state index contributed by atoms with van der Waals surface area (Å²) in [6.45, 7) is 13.2. The van der Waals surface area contributed by atoms with Crippen LogP contribution in [0.25, 0.3) is 16.3 Å². The van der Waals surface area contributed by atoms with Gasteiger partial charge in [-0.25, -0.2) is 4.99 Å².